The van der Waals surface area contributed by atoms with Crippen LogP contribution in [-0.2, 0) is 0 Å². The van der Waals surface area contributed by atoms with Crippen LogP contribution in [-0.4, -0.2) is 43.1 Å². The molecule has 2 rings (SSSR count). The molecule has 1 aliphatic heterocycles. The minimum atomic E-state index is -1.95. The highest BCUT2D eigenvalue weighted by Gasteiger charge is 2.50. The Morgan fingerprint density at radius 3 is 2.16 bits per heavy atom. The number of piperidine rings is 1. The summed E-state index contributed by atoms with van der Waals surface area (Å²) in [7, 11) is 0. The Bertz CT molecular complexity index is 405. The summed E-state index contributed by atoms with van der Waals surface area (Å²) in [5, 5.41) is 30.2. The van der Waals surface area contributed by atoms with E-state index in [0.717, 1.165) is 19.3 Å². The molecule has 1 aliphatic carbocycles. The van der Waals surface area contributed by atoms with Crippen LogP contribution in [0.25, 0.3) is 0 Å². The molecule has 0 aromatic rings. The average molecular weight is 267 g/mol. The van der Waals surface area contributed by atoms with E-state index >= 15 is 0 Å². The lowest BCUT2D eigenvalue weighted by molar-refractivity contribution is -0.197. The van der Waals surface area contributed by atoms with E-state index < -0.39 is 11.8 Å². The fourth-order valence-electron chi connectivity index (χ4n) is 3.68. The molecule has 0 aromatic heterocycles. The van der Waals surface area contributed by atoms with Gasteiger partial charge in [0.2, 0.25) is 5.79 Å². The van der Waals surface area contributed by atoms with E-state index in [1.165, 1.54) is 18.2 Å². The van der Waals surface area contributed by atoms with Crippen LogP contribution in [0.5, 0.6) is 0 Å². The number of rotatable bonds is 1. The Balaban J connectivity index is 2.44. The molecule has 4 nitrogen and oxygen atoms in total. The molecule has 1 heterocycles. The second kappa shape index (κ2) is 4.33. The van der Waals surface area contributed by atoms with Crippen molar-refractivity contribution < 1.29 is 15.3 Å². The summed E-state index contributed by atoms with van der Waals surface area (Å²) in [6, 6.07) is -0.636. The van der Waals surface area contributed by atoms with Crippen molar-refractivity contribution in [2.45, 2.75) is 69.9 Å². The standard InChI is InChI=1S/C15H25NO3/c1-13(2)7-5-8-14(3,4)16(13)12-10-11(17)6-9-15(12,18)19/h6,9-10,12,17-19H,5,7-8H2,1-4H3. The van der Waals surface area contributed by atoms with Gasteiger partial charge in [0.05, 0.1) is 6.04 Å². The highest BCUT2D eigenvalue weighted by molar-refractivity contribution is 5.27. The molecule has 0 spiro atoms. The van der Waals surface area contributed by atoms with Crippen LogP contribution in [0.4, 0.5) is 0 Å². The molecule has 0 saturated carbocycles. The molecule has 1 fully saturated rings. The summed E-state index contributed by atoms with van der Waals surface area (Å²) in [6.07, 6.45) is 7.25. The molecule has 0 radical (unpaired) electrons. The number of likely N-dealkylation sites (tertiary alicyclic amines) is 1. The van der Waals surface area contributed by atoms with Crippen molar-refractivity contribution in [1.82, 2.24) is 4.90 Å². The zero-order chi connectivity index (χ0) is 14.5. The summed E-state index contributed by atoms with van der Waals surface area (Å²) in [6.45, 7) is 8.47. The van der Waals surface area contributed by atoms with Gasteiger partial charge in [0.15, 0.2) is 0 Å². The highest BCUT2D eigenvalue weighted by Crippen LogP contribution is 2.43. The van der Waals surface area contributed by atoms with Gasteiger partial charge in [-0.1, -0.05) is 0 Å². The first-order chi connectivity index (χ1) is 8.56. The van der Waals surface area contributed by atoms with Crippen molar-refractivity contribution in [3.8, 4) is 0 Å². The SMILES string of the molecule is CC1(C)CCCC(C)(C)N1C1C=C(O)C=CC1(O)O. The van der Waals surface area contributed by atoms with Crippen LogP contribution in [0, 0.1) is 0 Å². The van der Waals surface area contributed by atoms with Crippen LogP contribution in [0.3, 0.4) is 0 Å². The Kier molecular flexibility index (Phi) is 3.32. The molecule has 0 aromatic carbocycles. The zero-order valence-electron chi connectivity index (χ0n) is 12.2. The van der Waals surface area contributed by atoms with E-state index in [1.807, 2.05) is 0 Å². The fourth-order valence-corrected chi connectivity index (χ4v) is 3.68. The van der Waals surface area contributed by atoms with Crippen molar-refractivity contribution in [2.24, 2.45) is 0 Å². The van der Waals surface area contributed by atoms with E-state index in [2.05, 4.69) is 32.6 Å². The minimum Gasteiger partial charge on any atom is -0.508 e. The number of aliphatic hydroxyl groups excluding tert-OH is 1. The number of nitrogens with zero attached hydrogens (tertiary/aromatic N) is 1. The number of aliphatic hydroxyl groups is 3. The predicted octanol–water partition coefficient (Wildman–Crippen LogP) is 2.09. The summed E-state index contributed by atoms with van der Waals surface area (Å²) in [5.41, 5.74) is -0.295. The summed E-state index contributed by atoms with van der Waals surface area (Å²) in [5.74, 6) is -1.86. The molecule has 108 valence electrons. The first kappa shape index (κ1) is 14.6. The van der Waals surface area contributed by atoms with Gasteiger partial charge in [-0.25, -0.2) is 0 Å². The van der Waals surface area contributed by atoms with E-state index in [4.69, 9.17) is 0 Å². The molecule has 0 bridgehead atoms. The van der Waals surface area contributed by atoms with Gasteiger partial charge in [-0.3, -0.25) is 4.90 Å². The molecule has 1 atom stereocenters. The van der Waals surface area contributed by atoms with Gasteiger partial charge < -0.3 is 15.3 Å². The highest BCUT2D eigenvalue weighted by atomic mass is 16.5. The lowest BCUT2D eigenvalue weighted by Gasteiger charge is -2.57. The summed E-state index contributed by atoms with van der Waals surface area (Å²) >= 11 is 0. The number of hydrogen-bond acceptors (Lipinski definition) is 4. The number of allylic oxidation sites excluding steroid dienone is 1. The molecule has 3 N–H and O–H groups in total. The van der Waals surface area contributed by atoms with Crippen molar-refractivity contribution in [3.63, 3.8) is 0 Å². The van der Waals surface area contributed by atoms with E-state index in [9.17, 15) is 15.3 Å². The predicted molar refractivity (Wildman–Crippen MR) is 74.7 cm³/mol. The molecule has 1 saturated heterocycles. The lowest BCUT2D eigenvalue weighted by atomic mass is 9.76. The first-order valence-corrected chi connectivity index (χ1v) is 6.90. The van der Waals surface area contributed by atoms with Gasteiger partial charge in [-0.15, -0.1) is 0 Å². The second-order valence-electron chi connectivity index (χ2n) is 7.00. The van der Waals surface area contributed by atoms with E-state index in [-0.39, 0.29) is 16.8 Å². The van der Waals surface area contributed by atoms with Crippen molar-refractivity contribution in [1.29, 1.82) is 0 Å². The first-order valence-electron chi connectivity index (χ1n) is 6.90. The maximum atomic E-state index is 10.2. The monoisotopic (exact) mass is 267 g/mol. The van der Waals surface area contributed by atoms with Gasteiger partial charge >= 0.3 is 0 Å². The third-order valence-electron chi connectivity index (χ3n) is 4.42. The molecule has 4 heteroatoms. The van der Waals surface area contributed by atoms with Gasteiger partial charge in [-0.2, -0.15) is 0 Å². The second-order valence-corrected chi connectivity index (χ2v) is 7.00. The minimum absolute atomic E-state index is 0.0842. The van der Waals surface area contributed by atoms with Crippen LogP contribution in [0.1, 0.15) is 47.0 Å². The van der Waals surface area contributed by atoms with E-state index in [1.54, 1.807) is 0 Å². The van der Waals surface area contributed by atoms with Gasteiger partial charge in [-0.05, 0) is 65.2 Å². The maximum Gasteiger partial charge on any atom is 0.203 e. The smallest absolute Gasteiger partial charge is 0.203 e. The van der Waals surface area contributed by atoms with Crippen LogP contribution < -0.4 is 0 Å². The van der Waals surface area contributed by atoms with Gasteiger partial charge in [0.1, 0.15) is 5.76 Å². The summed E-state index contributed by atoms with van der Waals surface area (Å²) in [4.78, 5) is 2.13. The van der Waals surface area contributed by atoms with E-state index in [0.29, 0.717) is 0 Å². The zero-order valence-corrected chi connectivity index (χ0v) is 12.2. The molecule has 1 unspecified atom stereocenters. The maximum absolute atomic E-state index is 10.2. The molecule has 19 heavy (non-hydrogen) atoms. The average Bonchev–Trinajstić information content (AvgIpc) is 2.21. The largest absolute Gasteiger partial charge is 0.508 e. The topological polar surface area (TPSA) is 63.9 Å². The molecular formula is C15H25NO3. The molecular weight excluding hydrogens is 242 g/mol. The Hall–Kier alpha value is -0.840. The van der Waals surface area contributed by atoms with Crippen molar-refractivity contribution in [2.75, 3.05) is 0 Å². The third-order valence-corrected chi connectivity index (χ3v) is 4.42. The Morgan fingerprint density at radius 2 is 1.63 bits per heavy atom. The third kappa shape index (κ3) is 2.57. The molecule has 2 aliphatic rings. The van der Waals surface area contributed by atoms with Gasteiger partial charge in [0, 0.05) is 11.1 Å². The Morgan fingerprint density at radius 1 is 1.11 bits per heavy atom. The van der Waals surface area contributed by atoms with Gasteiger partial charge in [0.25, 0.3) is 0 Å². The fraction of sp³-hybridized carbons (Fsp3) is 0.733. The lowest BCUT2D eigenvalue weighted by Crippen LogP contribution is -2.67. The Labute approximate surface area is 115 Å². The quantitative estimate of drug-likeness (QED) is 0.637. The van der Waals surface area contributed by atoms with Crippen molar-refractivity contribution >= 4 is 0 Å². The number of hydrogen-bond donors (Lipinski definition) is 3. The van der Waals surface area contributed by atoms with Crippen LogP contribution in [0.15, 0.2) is 24.0 Å². The normalized spacial score (nSPS) is 32.9. The van der Waals surface area contributed by atoms with Crippen molar-refractivity contribution in [3.05, 3.63) is 24.0 Å². The van der Waals surface area contributed by atoms with Crippen LogP contribution >= 0.6 is 0 Å². The van der Waals surface area contributed by atoms with Crippen LogP contribution in [0.2, 0.25) is 0 Å². The summed E-state index contributed by atoms with van der Waals surface area (Å²) < 4.78 is 0. The molecule has 0 amide bonds.